The number of nitrogens with one attached hydrogen (secondary N) is 1. The van der Waals surface area contributed by atoms with Crippen molar-refractivity contribution < 1.29 is 23.4 Å². The van der Waals surface area contributed by atoms with Gasteiger partial charge in [0.25, 0.3) is 0 Å². The lowest BCUT2D eigenvalue weighted by Crippen LogP contribution is -2.50. The summed E-state index contributed by atoms with van der Waals surface area (Å²) in [4.78, 5) is 23.2. The Morgan fingerprint density at radius 2 is 1.97 bits per heavy atom. The fraction of sp³-hybridized carbons (Fsp3) is 0.391. The van der Waals surface area contributed by atoms with Crippen molar-refractivity contribution in [3.8, 4) is 5.75 Å². The van der Waals surface area contributed by atoms with Crippen LogP contribution in [0.3, 0.4) is 0 Å². The molecule has 9 nitrogen and oxygen atoms in total. The Labute approximate surface area is 195 Å². The van der Waals surface area contributed by atoms with Crippen LogP contribution in [0.15, 0.2) is 24.5 Å². The molecule has 180 valence electrons. The molecule has 0 saturated carbocycles. The molecule has 3 aromatic rings. The van der Waals surface area contributed by atoms with Gasteiger partial charge in [-0.1, -0.05) is 0 Å². The van der Waals surface area contributed by atoms with Gasteiger partial charge in [-0.3, -0.25) is 9.48 Å². The van der Waals surface area contributed by atoms with Gasteiger partial charge in [-0.25, -0.2) is 13.8 Å². The molecule has 4 rings (SSSR count). The minimum atomic E-state index is -0.823. The number of likely N-dealkylation sites (N-methyl/N-ethyl adjacent to an activating group) is 1. The van der Waals surface area contributed by atoms with Crippen molar-refractivity contribution in [2.45, 2.75) is 45.5 Å². The fourth-order valence-corrected chi connectivity index (χ4v) is 4.23. The van der Waals surface area contributed by atoms with Crippen LogP contribution in [-0.4, -0.2) is 56.9 Å². The van der Waals surface area contributed by atoms with Crippen LogP contribution in [0.5, 0.6) is 5.75 Å². The minimum Gasteiger partial charge on any atom is -0.491 e. The van der Waals surface area contributed by atoms with E-state index >= 15 is 0 Å². The van der Waals surface area contributed by atoms with Crippen LogP contribution in [0, 0.1) is 18.6 Å². The summed E-state index contributed by atoms with van der Waals surface area (Å²) in [5, 5.41) is 17.4. The summed E-state index contributed by atoms with van der Waals surface area (Å²) < 4.78 is 34.2. The highest BCUT2D eigenvalue weighted by atomic mass is 19.1. The van der Waals surface area contributed by atoms with E-state index in [9.17, 15) is 18.7 Å². The Morgan fingerprint density at radius 3 is 2.62 bits per heavy atom. The molecule has 0 aliphatic carbocycles. The van der Waals surface area contributed by atoms with Crippen LogP contribution in [0.1, 0.15) is 29.3 Å². The highest BCUT2D eigenvalue weighted by Gasteiger charge is 2.36. The first kappa shape index (κ1) is 23.6. The van der Waals surface area contributed by atoms with E-state index in [0.717, 1.165) is 11.1 Å². The summed E-state index contributed by atoms with van der Waals surface area (Å²) in [5.74, 6) is -1.02. The Kier molecular flexibility index (Phi) is 6.47. The third-order valence-corrected chi connectivity index (χ3v) is 5.83. The number of aryl methyl sites for hydroxylation is 1. The molecule has 0 spiro atoms. The van der Waals surface area contributed by atoms with Gasteiger partial charge in [0.1, 0.15) is 11.9 Å². The third kappa shape index (κ3) is 4.56. The predicted octanol–water partition coefficient (Wildman–Crippen LogP) is 2.24. The van der Waals surface area contributed by atoms with E-state index < -0.39 is 29.5 Å². The number of ketones is 1. The number of methoxy groups -OCH3 is 1. The van der Waals surface area contributed by atoms with Gasteiger partial charge in [-0.05, 0) is 31.5 Å². The maximum absolute atomic E-state index is 13.9. The highest BCUT2D eigenvalue weighted by Crippen LogP contribution is 2.30. The number of aliphatic hydroxyl groups excluding tert-OH is 1. The molecule has 1 aliphatic rings. The molecule has 1 aromatic carbocycles. The zero-order valence-corrected chi connectivity index (χ0v) is 19.3. The largest absolute Gasteiger partial charge is 0.491 e. The smallest absolute Gasteiger partial charge is 0.225 e. The van der Waals surface area contributed by atoms with Crippen molar-refractivity contribution in [3.63, 3.8) is 0 Å². The number of aromatic nitrogens is 4. The number of rotatable bonds is 7. The Morgan fingerprint density at radius 1 is 1.26 bits per heavy atom. The van der Waals surface area contributed by atoms with E-state index in [1.54, 1.807) is 35.9 Å². The third-order valence-electron chi connectivity index (χ3n) is 5.83. The van der Waals surface area contributed by atoms with Crippen molar-refractivity contribution in [1.29, 1.82) is 0 Å². The molecule has 0 bridgehead atoms. The van der Waals surface area contributed by atoms with E-state index in [4.69, 9.17) is 4.74 Å². The van der Waals surface area contributed by atoms with Gasteiger partial charge in [0.05, 0.1) is 26.0 Å². The Balaban J connectivity index is 1.46. The summed E-state index contributed by atoms with van der Waals surface area (Å²) in [7, 11) is 2.95. The molecule has 0 fully saturated rings. The number of carbonyl (C=O) groups excluding carboxylic acids is 1. The van der Waals surface area contributed by atoms with Gasteiger partial charge in [-0.2, -0.15) is 10.1 Å². The second-order valence-corrected chi connectivity index (χ2v) is 8.37. The van der Waals surface area contributed by atoms with Crippen LogP contribution in [0.2, 0.25) is 0 Å². The molecule has 2 aromatic heterocycles. The maximum Gasteiger partial charge on any atom is 0.225 e. The van der Waals surface area contributed by atoms with E-state index in [-0.39, 0.29) is 18.7 Å². The van der Waals surface area contributed by atoms with Gasteiger partial charge in [-0.15, -0.1) is 0 Å². The molecule has 0 amide bonds. The second kappa shape index (κ2) is 9.34. The van der Waals surface area contributed by atoms with E-state index in [1.165, 1.54) is 19.2 Å². The lowest BCUT2D eigenvalue weighted by molar-refractivity contribution is -0.122. The standard InChI is InChI=1S/C23H26F2N6O3/c1-12-16-7-19(33)20(13(2)32)30(3)22(16)29-23(28-12)26-8-15-9-27-31(11-15)10-14-5-17(24)21(34-4)18(25)6-14/h5-6,9,11,13,20,32H,7-8,10H2,1-4H3,(H,26,28,29)/t13-,20-/m0/s1. The Bertz CT molecular complexity index is 1210. The number of fused-ring (bicyclic) bond motifs is 1. The SMILES string of the molecule is COc1c(F)cc(Cn2cc(CNc3nc(C)c4c(n3)N(C)[C@@H]([C@H](C)O)C(=O)C4)cn2)cc1F. The zero-order chi connectivity index (χ0) is 24.6. The molecular formula is C23H26F2N6O3. The molecule has 3 heterocycles. The lowest BCUT2D eigenvalue weighted by atomic mass is 9.94. The second-order valence-electron chi connectivity index (χ2n) is 8.37. The maximum atomic E-state index is 13.9. The van der Waals surface area contributed by atoms with Crippen LogP contribution >= 0.6 is 0 Å². The predicted molar refractivity (Wildman–Crippen MR) is 121 cm³/mol. The van der Waals surface area contributed by atoms with Crippen LogP contribution in [0.25, 0.3) is 0 Å². The van der Waals surface area contributed by atoms with Crippen LogP contribution < -0.4 is 15.0 Å². The average molecular weight is 472 g/mol. The molecule has 34 heavy (non-hydrogen) atoms. The fourth-order valence-electron chi connectivity index (χ4n) is 4.23. The highest BCUT2D eigenvalue weighted by molar-refractivity contribution is 5.93. The summed E-state index contributed by atoms with van der Waals surface area (Å²) in [6.07, 6.45) is 2.76. The zero-order valence-electron chi connectivity index (χ0n) is 19.3. The van der Waals surface area contributed by atoms with Crippen molar-refractivity contribution in [3.05, 3.63) is 58.5 Å². The molecule has 1 aliphatic heterocycles. The van der Waals surface area contributed by atoms with E-state index in [2.05, 4.69) is 20.4 Å². The molecule has 11 heteroatoms. The molecular weight excluding hydrogens is 446 g/mol. The van der Waals surface area contributed by atoms with Crippen molar-refractivity contribution in [1.82, 2.24) is 19.7 Å². The summed E-state index contributed by atoms with van der Waals surface area (Å²) in [5.41, 5.74) is 2.67. The molecule has 0 unspecified atom stereocenters. The van der Waals surface area contributed by atoms with Gasteiger partial charge >= 0.3 is 0 Å². The van der Waals surface area contributed by atoms with Gasteiger partial charge in [0.15, 0.2) is 23.2 Å². The summed E-state index contributed by atoms with van der Waals surface area (Å²) in [6, 6.07) is 1.78. The number of benzene rings is 1. The lowest BCUT2D eigenvalue weighted by Gasteiger charge is -2.35. The number of hydrogen-bond acceptors (Lipinski definition) is 8. The number of hydrogen-bond donors (Lipinski definition) is 2. The first-order valence-electron chi connectivity index (χ1n) is 10.8. The number of nitrogens with zero attached hydrogens (tertiary/aromatic N) is 5. The average Bonchev–Trinajstić information content (AvgIpc) is 3.20. The number of anilines is 2. The molecule has 2 atom stereocenters. The Hall–Kier alpha value is -3.60. The topological polar surface area (TPSA) is 105 Å². The first-order chi connectivity index (χ1) is 16.2. The summed E-state index contributed by atoms with van der Waals surface area (Å²) >= 11 is 0. The number of Topliss-reactive ketones (excluding diaryl/α,β-unsaturated/α-hetero) is 1. The first-order valence-corrected chi connectivity index (χ1v) is 10.8. The normalized spacial score (nSPS) is 16.4. The van der Waals surface area contributed by atoms with Crippen molar-refractivity contribution in [2.24, 2.45) is 0 Å². The van der Waals surface area contributed by atoms with E-state index in [0.29, 0.717) is 29.6 Å². The number of ether oxygens (including phenoxy) is 1. The van der Waals surface area contributed by atoms with Gasteiger partial charge in [0.2, 0.25) is 5.95 Å². The molecule has 0 saturated heterocycles. The quantitative estimate of drug-likeness (QED) is 0.540. The molecule has 0 radical (unpaired) electrons. The van der Waals surface area contributed by atoms with Crippen molar-refractivity contribution in [2.75, 3.05) is 24.4 Å². The van der Waals surface area contributed by atoms with Crippen LogP contribution in [-0.2, 0) is 24.3 Å². The number of carbonyl (C=O) groups is 1. The van der Waals surface area contributed by atoms with Crippen LogP contribution in [0.4, 0.5) is 20.5 Å². The number of aliphatic hydroxyl groups is 1. The molecule has 2 N–H and O–H groups in total. The van der Waals surface area contributed by atoms with Gasteiger partial charge < -0.3 is 20.1 Å². The number of halogens is 2. The minimum absolute atomic E-state index is 0.0681. The van der Waals surface area contributed by atoms with E-state index in [1.807, 2.05) is 6.92 Å². The summed E-state index contributed by atoms with van der Waals surface area (Å²) in [6.45, 7) is 3.96. The monoisotopic (exact) mass is 472 g/mol. The van der Waals surface area contributed by atoms with Crippen molar-refractivity contribution >= 4 is 17.5 Å². The van der Waals surface area contributed by atoms with Gasteiger partial charge in [0, 0.05) is 43.0 Å².